The molecular weight excluding hydrogens is 188 g/mol. The molecule has 1 saturated heterocycles. The Morgan fingerprint density at radius 1 is 1.69 bits per heavy atom. The van der Waals surface area contributed by atoms with E-state index >= 15 is 0 Å². The van der Waals surface area contributed by atoms with Crippen molar-refractivity contribution in [2.75, 3.05) is 26.0 Å². The summed E-state index contributed by atoms with van der Waals surface area (Å²) in [4.78, 5) is 12.9. The first kappa shape index (κ1) is 10.7. The maximum absolute atomic E-state index is 11.1. The highest BCUT2D eigenvalue weighted by Crippen LogP contribution is 2.03. The van der Waals surface area contributed by atoms with Crippen molar-refractivity contribution in [1.82, 2.24) is 10.2 Å². The van der Waals surface area contributed by atoms with Gasteiger partial charge >= 0.3 is 0 Å². The molecule has 0 aromatic heterocycles. The summed E-state index contributed by atoms with van der Waals surface area (Å²) in [6.07, 6.45) is 2.52. The molecule has 13 heavy (non-hydrogen) atoms. The molecule has 2 atom stereocenters. The second-order valence-corrected chi connectivity index (χ2v) is 5.14. The van der Waals surface area contributed by atoms with Crippen LogP contribution in [-0.2, 0) is 15.6 Å². The molecule has 0 aromatic rings. The van der Waals surface area contributed by atoms with Gasteiger partial charge in [0.25, 0.3) is 0 Å². The molecule has 0 saturated carbocycles. The molecular formula is C8H16N2O2S. The van der Waals surface area contributed by atoms with Crippen molar-refractivity contribution >= 4 is 16.7 Å². The summed E-state index contributed by atoms with van der Waals surface area (Å²) in [6, 6.07) is 0. The number of rotatable bonds is 4. The summed E-state index contributed by atoms with van der Waals surface area (Å²) in [5.41, 5.74) is 0. The van der Waals surface area contributed by atoms with Gasteiger partial charge in [0.2, 0.25) is 5.91 Å². The Bertz CT molecular complexity index is 220. The van der Waals surface area contributed by atoms with E-state index in [1.165, 1.54) is 0 Å². The number of nitrogens with one attached hydrogen (secondary N) is 1. The second kappa shape index (κ2) is 4.72. The molecule has 0 spiro atoms. The van der Waals surface area contributed by atoms with Gasteiger partial charge in [-0.3, -0.25) is 14.3 Å². The van der Waals surface area contributed by atoms with E-state index in [4.69, 9.17) is 0 Å². The predicted molar refractivity (Wildman–Crippen MR) is 52.7 cm³/mol. The Balaban J connectivity index is 2.25. The number of hydrogen-bond donors (Lipinski definition) is 1. The van der Waals surface area contributed by atoms with E-state index in [1.54, 1.807) is 11.2 Å². The molecule has 1 fully saturated rings. The first-order valence-electron chi connectivity index (χ1n) is 4.42. The second-order valence-electron chi connectivity index (χ2n) is 3.34. The molecule has 1 heterocycles. The number of carbonyl (C=O) groups is 1. The standard InChI is InChI=1S/C8H16N2O2S/c1-7(13(2)12)3-4-10-6-9-5-8(10)11/h7,9H,3-6H2,1-2H3. The van der Waals surface area contributed by atoms with E-state index in [9.17, 15) is 9.00 Å². The van der Waals surface area contributed by atoms with Crippen LogP contribution in [0.2, 0.25) is 0 Å². The van der Waals surface area contributed by atoms with Crippen molar-refractivity contribution in [1.29, 1.82) is 0 Å². The van der Waals surface area contributed by atoms with Crippen LogP contribution in [0.3, 0.4) is 0 Å². The van der Waals surface area contributed by atoms with Gasteiger partial charge in [-0.2, -0.15) is 0 Å². The molecule has 1 aliphatic rings. The van der Waals surface area contributed by atoms with Crippen LogP contribution >= 0.6 is 0 Å². The number of amides is 1. The van der Waals surface area contributed by atoms with Crippen LogP contribution < -0.4 is 5.32 Å². The first-order chi connectivity index (χ1) is 6.11. The van der Waals surface area contributed by atoms with Crippen LogP contribution in [0.15, 0.2) is 0 Å². The summed E-state index contributed by atoms with van der Waals surface area (Å²) in [5.74, 6) is 0.147. The molecule has 76 valence electrons. The van der Waals surface area contributed by atoms with Crippen molar-refractivity contribution in [2.45, 2.75) is 18.6 Å². The summed E-state index contributed by atoms with van der Waals surface area (Å²) >= 11 is 0. The van der Waals surface area contributed by atoms with E-state index in [0.29, 0.717) is 19.8 Å². The first-order valence-corrected chi connectivity index (χ1v) is 6.04. The molecule has 1 amide bonds. The van der Waals surface area contributed by atoms with Crippen LogP contribution in [0.4, 0.5) is 0 Å². The van der Waals surface area contributed by atoms with E-state index in [1.807, 2.05) is 6.92 Å². The van der Waals surface area contributed by atoms with Crippen LogP contribution in [0, 0.1) is 0 Å². The Labute approximate surface area is 81.1 Å². The highest BCUT2D eigenvalue weighted by atomic mass is 32.2. The molecule has 1 N–H and O–H groups in total. The Kier molecular flexibility index (Phi) is 3.87. The van der Waals surface area contributed by atoms with Gasteiger partial charge in [0.1, 0.15) is 0 Å². The predicted octanol–water partition coefficient (Wildman–Crippen LogP) is -0.467. The minimum absolute atomic E-state index is 0.147. The minimum atomic E-state index is -0.780. The lowest BCUT2D eigenvalue weighted by Crippen LogP contribution is -2.29. The smallest absolute Gasteiger partial charge is 0.237 e. The summed E-state index contributed by atoms with van der Waals surface area (Å²) in [6.45, 7) is 3.75. The van der Waals surface area contributed by atoms with Crippen molar-refractivity contribution < 1.29 is 9.00 Å². The third-order valence-electron chi connectivity index (χ3n) is 2.30. The number of hydrogen-bond acceptors (Lipinski definition) is 3. The largest absolute Gasteiger partial charge is 0.329 e. The zero-order chi connectivity index (χ0) is 9.84. The lowest BCUT2D eigenvalue weighted by molar-refractivity contribution is -0.126. The Morgan fingerprint density at radius 2 is 2.38 bits per heavy atom. The normalized spacial score (nSPS) is 22.0. The van der Waals surface area contributed by atoms with Crippen LogP contribution in [-0.4, -0.2) is 46.3 Å². The van der Waals surface area contributed by atoms with E-state index in [-0.39, 0.29) is 11.2 Å². The fourth-order valence-corrected chi connectivity index (χ4v) is 1.64. The molecule has 0 aromatic carbocycles. The van der Waals surface area contributed by atoms with E-state index in [0.717, 1.165) is 6.42 Å². The van der Waals surface area contributed by atoms with Crippen molar-refractivity contribution in [2.24, 2.45) is 0 Å². The van der Waals surface area contributed by atoms with Gasteiger partial charge in [0, 0.05) is 28.9 Å². The summed E-state index contributed by atoms with van der Waals surface area (Å²) in [7, 11) is -0.780. The van der Waals surface area contributed by atoms with Crippen molar-refractivity contribution in [3.05, 3.63) is 0 Å². The molecule has 0 aliphatic carbocycles. The zero-order valence-electron chi connectivity index (χ0n) is 8.08. The van der Waals surface area contributed by atoms with Gasteiger partial charge in [-0.05, 0) is 6.42 Å². The van der Waals surface area contributed by atoms with Crippen LogP contribution in [0.1, 0.15) is 13.3 Å². The third-order valence-corrected chi connectivity index (χ3v) is 3.67. The molecule has 0 bridgehead atoms. The SMILES string of the molecule is CC(CCN1CNCC1=O)S(C)=O. The topological polar surface area (TPSA) is 49.4 Å². The maximum atomic E-state index is 11.1. The Morgan fingerprint density at radius 3 is 2.85 bits per heavy atom. The minimum Gasteiger partial charge on any atom is -0.329 e. The van der Waals surface area contributed by atoms with Gasteiger partial charge in [-0.25, -0.2) is 0 Å². The third kappa shape index (κ3) is 3.08. The maximum Gasteiger partial charge on any atom is 0.237 e. The lowest BCUT2D eigenvalue weighted by atomic mass is 10.3. The molecule has 4 nitrogen and oxygen atoms in total. The molecule has 1 rings (SSSR count). The zero-order valence-corrected chi connectivity index (χ0v) is 8.89. The van der Waals surface area contributed by atoms with Crippen LogP contribution in [0.25, 0.3) is 0 Å². The monoisotopic (exact) mass is 204 g/mol. The van der Waals surface area contributed by atoms with Crippen molar-refractivity contribution in [3.8, 4) is 0 Å². The lowest BCUT2D eigenvalue weighted by Gasteiger charge is -2.16. The summed E-state index contributed by atoms with van der Waals surface area (Å²) < 4.78 is 11.0. The van der Waals surface area contributed by atoms with Gasteiger partial charge in [0.15, 0.2) is 0 Å². The van der Waals surface area contributed by atoms with Crippen LogP contribution in [0.5, 0.6) is 0 Å². The van der Waals surface area contributed by atoms with Gasteiger partial charge in [-0.15, -0.1) is 0 Å². The van der Waals surface area contributed by atoms with E-state index in [2.05, 4.69) is 5.32 Å². The quantitative estimate of drug-likeness (QED) is 0.673. The molecule has 1 aliphatic heterocycles. The molecule has 0 radical (unpaired) electrons. The van der Waals surface area contributed by atoms with Crippen molar-refractivity contribution in [3.63, 3.8) is 0 Å². The highest BCUT2D eigenvalue weighted by molar-refractivity contribution is 7.84. The van der Waals surface area contributed by atoms with Gasteiger partial charge in [-0.1, -0.05) is 6.92 Å². The van der Waals surface area contributed by atoms with E-state index < -0.39 is 10.8 Å². The average Bonchev–Trinajstić information content (AvgIpc) is 2.47. The molecule has 5 heteroatoms. The fourth-order valence-electron chi connectivity index (χ4n) is 1.21. The highest BCUT2D eigenvalue weighted by Gasteiger charge is 2.19. The number of carbonyl (C=O) groups excluding carboxylic acids is 1. The Hall–Kier alpha value is -0.420. The molecule has 2 unspecified atom stereocenters. The number of nitrogens with zero attached hydrogens (tertiary/aromatic N) is 1. The van der Waals surface area contributed by atoms with Gasteiger partial charge in [0.05, 0.1) is 13.2 Å². The average molecular weight is 204 g/mol. The fraction of sp³-hybridized carbons (Fsp3) is 0.875. The van der Waals surface area contributed by atoms with Gasteiger partial charge < -0.3 is 4.90 Å². The summed E-state index contributed by atoms with van der Waals surface area (Å²) in [5, 5.41) is 3.15.